The molecule has 0 saturated carbocycles. The molecule has 6 rings (SSSR count). The van der Waals surface area contributed by atoms with Gasteiger partial charge in [-0.05, 0) is 76.5 Å². The highest BCUT2D eigenvalue weighted by Crippen LogP contribution is 2.40. The summed E-state index contributed by atoms with van der Waals surface area (Å²) in [7, 11) is 4.60. The minimum absolute atomic E-state index is 0.136. The maximum atomic E-state index is 14.4. The highest BCUT2D eigenvalue weighted by molar-refractivity contribution is 9.10. The molecule has 0 saturated heterocycles. The van der Waals surface area contributed by atoms with Crippen LogP contribution in [0.25, 0.3) is 11.8 Å². The van der Waals surface area contributed by atoms with Crippen molar-refractivity contribution in [1.29, 1.82) is 0 Å². The molecule has 5 aromatic rings. The average Bonchev–Trinajstić information content (AvgIpc) is 3.44. The fourth-order valence-corrected chi connectivity index (χ4v) is 7.72. The molecule has 0 aliphatic carbocycles. The molecular formula is C38H31BrCl2N2O7S. The van der Waals surface area contributed by atoms with Gasteiger partial charge in [0.25, 0.3) is 5.56 Å². The van der Waals surface area contributed by atoms with Crippen LogP contribution in [0.5, 0.6) is 23.0 Å². The van der Waals surface area contributed by atoms with Crippen molar-refractivity contribution in [3.05, 3.63) is 141 Å². The summed E-state index contributed by atoms with van der Waals surface area (Å²) in [4.78, 5) is 33.6. The first-order valence-corrected chi connectivity index (χ1v) is 18.0. The van der Waals surface area contributed by atoms with E-state index >= 15 is 0 Å². The number of ether oxygens (including phenoxy) is 5. The summed E-state index contributed by atoms with van der Waals surface area (Å²) < 4.78 is 31.0. The van der Waals surface area contributed by atoms with Gasteiger partial charge in [-0.1, -0.05) is 77.0 Å². The van der Waals surface area contributed by atoms with E-state index in [1.54, 1.807) is 62.6 Å². The molecule has 13 heteroatoms. The van der Waals surface area contributed by atoms with Crippen molar-refractivity contribution in [1.82, 2.24) is 4.57 Å². The van der Waals surface area contributed by atoms with Crippen LogP contribution in [-0.2, 0) is 16.1 Å². The second-order valence-corrected chi connectivity index (χ2v) is 13.8. The number of halogens is 3. The molecule has 0 N–H and O–H groups in total. The Morgan fingerprint density at radius 2 is 1.69 bits per heavy atom. The predicted octanol–water partition coefficient (Wildman–Crippen LogP) is 7.61. The molecule has 1 aromatic heterocycles. The van der Waals surface area contributed by atoms with Gasteiger partial charge in [0, 0.05) is 21.2 Å². The number of carbonyl (C=O) groups is 1. The summed E-state index contributed by atoms with van der Waals surface area (Å²) in [6, 6.07) is 22.5. The Hall–Kier alpha value is -4.55. The first-order valence-electron chi connectivity index (χ1n) is 15.6. The molecule has 1 atom stereocenters. The maximum Gasteiger partial charge on any atom is 0.338 e. The number of esters is 1. The lowest BCUT2D eigenvalue weighted by Gasteiger charge is -2.26. The van der Waals surface area contributed by atoms with Crippen LogP contribution in [0.15, 0.2) is 98.7 Å². The number of fused-ring (bicyclic) bond motifs is 1. The van der Waals surface area contributed by atoms with Gasteiger partial charge in [0.15, 0.2) is 27.8 Å². The molecule has 1 aliphatic heterocycles. The number of carbonyl (C=O) groups excluding carboxylic acids is 1. The third kappa shape index (κ3) is 7.43. The maximum absolute atomic E-state index is 14.4. The van der Waals surface area contributed by atoms with Gasteiger partial charge < -0.3 is 23.7 Å². The standard InChI is InChI=1S/C38H31BrCl2N2O7S/c1-5-49-37(45)32-33(22-9-7-6-8-10-22)42-38-43(34(32)23-12-14-28(46-2)29(18-23)47-3)36(44)31(51-38)17-21-15-26(39)35(30(16-21)48-4)50-20-24-11-13-25(40)19-27(24)41/h6-19,34H,5,20H2,1-4H3/b31-17-/t34-/m0/s1. The first-order chi connectivity index (χ1) is 24.7. The van der Waals surface area contributed by atoms with E-state index in [1.807, 2.05) is 36.4 Å². The Labute approximate surface area is 316 Å². The molecule has 2 heterocycles. The van der Waals surface area contributed by atoms with Crippen molar-refractivity contribution in [2.75, 3.05) is 27.9 Å². The molecule has 0 radical (unpaired) electrons. The summed E-state index contributed by atoms with van der Waals surface area (Å²) in [5.74, 6) is 1.26. The number of thiazole rings is 1. The molecule has 0 amide bonds. The lowest BCUT2D eigenvalue weighted by Crippen LogP contribution is -2.40. The number of rotatable bonds is 11. The zero-order chi connectivity index (χ0) is 36.2. The summed E-state index contributed by atoms with van der Waals surface area (Å²) in [6.07, 6.45) is 1.75. The van der Waals surface area contributed by atoms with Crippen molar-refractivity contribution >= 4 is 68.2 Å². The van der Waals surface area contributed by atoms with Crippen molar-refractivity contribution in [3.8, 4) is 23.0 Å². The van der Waals surface area contributed by atoms with E-state index in [1.165, 1.54) is 30.1 Å². The van der Waals surface area contributed by atoms with Crippen LogP contribution in [0.3, 0.4) is 0 Å². The Bertz CT molecular complexity index is 2340. The van der Waals surface area contributed by atoms with Crippen LogP contribution in [0.4, 0.5) is 0 Å². The number of nitrogens with zero attached hydrogens (tertiary/aromatic N) is 2. The van der Waals surface area contributed by atoms with Crippen LogP contribution >= 0.6 is 50.5 Å². The van der Waals surface area contributed by atoms with Gasteiger partial charge in [-0.3, -0.25) is 9.36 Å². The second kappa shape index (κ2) is 15.8. The predicted molar refractivity (Wildman–Crippen MR) is 202 cm³/mol. The fraction of sp³-hybridized carbons (Fsp3) is 0.184. The van der Waals surface area contributed by atoms with Crippen molar-refractivity contribution in [3.63, 3.8) is 0 Å². The smallest absolute Gasteiger partial charge is 0.338 e. The van der Waals surface area contributed by atoms with Gasteiger partial charge in [0.1, 0.15) is 6.61 Å². The van der Waals surface area contributed by atoms with E-state index in [9.17, 15) is 9.59 Å². The third-order valence-corrected chi connectivity index (χ3v) is 10.2. The summed E-state index contributed by atoms with van der Waals surface area (Å²) in [5.41, 5.74) is 3.01. The summed E-state index contributed by atoms with van der Waals surface area (Å²) >= 11 is 17.2. The van der Waals surface area contributed by atoms with Crippen LogP contribution in [0.1, 0.15) is 35.2 Å². The van der Waals surface area contributed by atoms with Crippen molar-refractivity contribution in [2.45, 2.75) is 19.6 Å². The van der Waals surface area contributed by atoms with Gasteiger partial charge in [-0.2, -0.15) is 0 Å². The first kappa shape index (κ1) is 36.2. The fourth-order valence-electron chi connectivity index (χ4n) is 5.68. The van der Waals surface area contributed by atoms with E-state index in [0.29, 0.717) is 69.2 Å². The molecule has 1 aliphatic rings. The quantitative estimate of drug-likeness (QED) is 0.127. The van der Waals surface area contributed by atoms with Crippen molar-refractivity contribution < 1.29 is 28.5 Å². The highest BCUT2D eigenvalue weighted by atomic mass is 79.9. The third-order valence-electron chi connectivity index (χ3n) is 8.03. The second-order valence-electron chi connectivity index (χ2n) is 11.1. The lowest BCUT2D eigenvalue weighted by atomic mass is 9.93. The Balaban J connectivity index is 1.51. The average molecular weight is 811 g/mol. The van der Waals surface area contributed by atoms with Gasteiger partial charge >= 0.3 is 5.97 Å². The molecule has 0 spiro atoms. The molecule has 4 aromatic carbocycles. The minimum Gasteiger partial charge on any atom is -0.493 e. The van der Waals surface area contributed by atoms with E-state index < -0.39 is 12.0 Å². The zero-order valence-electron chi connectivity index (χ0n) is 27.9. The Morgan fingerprint density at radius 1 is 0.941 bits per heavy atom. The number of hydrogen-bond donors (Lipinski definition) is 0. The van der Waals surface area contributed by atoms with Gasteiger partial charge in [-0.15, -0.1) is 0 Å². The van der Waals surface area contributed by atoms with Crippen LogP contribution in [0, 0.1) is 0 Å². The van der Waals surface area contributed by atoms with Gasteiger partial charge in [0.05, 0.1) is 54.3 Å². The SMILES string of the molecule is CCOC(=O)C1=C(c2ccccc2)N=c2s/c(=C\c3cc(Br)c(OCc4ccc(Cl)cc4Cl)c(OC)c3)c(=O)n2[C@H]1c1ccc(OC)c(OC)c1. The normalized spacial score (nSPS) is 14.1. The topological polar surface area (TPSA) is 97.6 Å². The van der Waals surface area contributed by atoms with E-state index in [-0.39, 0.29) is 24.3 Å². The zero-order valence-corrected chi connectivity index (χ0v) is 31.8. The molecule has 262 valence electrons. The van der Waals surface area contributed by atoms with Crippen LogP contribution in [-0.4, -0.2) is 38.5 Å². The van der Waals surface area contributed by atoms with Crippen molar-refractivity contribution in [2.24, 2.45) is 4.99 Å². The van der Waals surface area contributed by atoms with E-state index in [2.05, 4.69) is 15.9 Å². The van der Waals surface area contributed by atoms with Crippen LogP contribution in [0.2, 0.25) is 10.0 Å². The van der Waals surface area contributed by atoms with Crippen LogP contribution < -0.4 is 33.8 Å². The molecule has 0 fully saturated rings. The largest absolute Gasteiger partial charge is 0.493 e. The minimum atomic E-state index is -0.894. The molecule has 0 bridgehead atoms. The Kier molecular flexibility index (Phi) is 11.2. The number of aromatic nitrogens is 1. The Morgan fingerprint density at radius 3 is 2.37 bits per heavy atom. The number of hydrogen-bond acceptors (Lipinski definition) is 9. The van der Waals surface area contributed by atoms with E-state index in [0.717, 1.165) is 5.56 Å². The number of benzene rings is 4. The molecule has 0 unspecified atom stereocenters. The molecular weight excluding hydrogens is 779 g/mol. The molecule has 9 nitrogen and oxygen atoms in total. The molecule has 51 heavy (non-hydrogen) atoms. The lowest BCUT2D eigenvalue weighted by molar-refractivity contribution is -0.138. The monoisotopic (exact) mass is 808 g/mol. The highest BCUT2D eigenvalue weighted by Gasteiger charge is 2.35. The summed E-state index contributed by atoms with van der Waals surface area (Å²) in [5, 5.41) is 1.01. The van der Waals surface area contributed by atoms with Gasteiger partial charge in [0.2, 0.25) is 0 Å². The summed E-state index contributed by atoms with van der Waals surface area (Å²) in [6.45, 7) is 2.04. The number of methoxy groups -OCH3 is 3. The van der Waals surface area contributed by atoms with E-state index in [4.69, 9.17) is 51.9 Å². The van der Waals surface area contributed by atoms with Gasteiger partial charge in [-0.25, -0.2) is 9.79 Å².